The van der Waals surface area contributed by atoms with Gasteiger partial charge < -0.3 is 10.0 Å². The van der Waals surface area contributed by atoms with Gasteiger partial charge in [-0.3, -0.25) is 0 Å². The summed E-state index contributed by atoms with van der Waals surface area (Å²) in [4.78, 5) is 1.90. The average Bonchev–Trinajstić information content (AvgIpc) is 2.11. The van der Waals surface area contributed by atoms with E-state index in [1.165, 1.54) is 0 Å². The van der Waals surface area contributed by atoms with E-state index in [4.69, 9.17) is 17.3 Å². The number of hydrogen-bond donors (Lipinski definition) is 1. The fourth-order valence-electron chi connectivity index (χ4n) is 1.57. The first-order chi connectivity index (χ1) is 4.63. The van der Waals surface area contributed by atoms with E-state index < -0.39 is 0 Å². The smallest absolute Gasteiger partial charge is 0.257 e. The Kier molecular flexibility index (Phi) is 2.14. The molecule has 1 N–H and O–H groups in total. The molecule has 2 atom stereocenters. The molecule has 0 amide bonds. The van der Waals surface area contributed by atoms with Crippen LogP contribution in [0.15, 0.2) is 0 Å². The van der Waals surface area contributed by atoms with Crippen molar-refractivity contribution >= 4 is 17.4 Å². The standard InChI is InChI=1S/C7H13NOS/c1-5-3-4-6(2)8(5)7(9)10/h5-6H,3-4H2,1-2H3,(H,9,10). The summed E-state index contributed by atoms with van der Waals surface area (Å²) in [5.74, 6) is 0. The topological polar surface area (TPSA) is 23.5 Å². The SMILES string of the molecule is CC1CCC(C)N1C(O)=S. The Morgan fingerprint density at radius 2 is 1.80 bits per heavy atom. The van der Waals surface area contributed by atoms with Crippen LogP contribution in [0.25, 0.3) is 0 Å². The molecular weight excluding hydrogens is 146 g/mol. The average molecular weight is 159 g/mol. The lowest BCUT2D eigenvalue weighted by Crippen LogP contribution is -2.36. The van der Waals surface area contributed by atoms with Crippen LogP contribution in [0.3, 0.4) is 0 Å². The molecule has 10 heavy (non-hydrogen) atoms. The fraction of sp³-hybridized carbons (Fsp3) is 0.857. The quantitative estimate of drug-likeness (QED) is 0.544. The Balaban J connectivity index is 2.63. The van der Waals surface area contributed by atoms with Crippen molar-refractivity contribution in [1.82, 2.24) is 4.90 Å². The molecule has 58 valence electrons. The van der Waals surface area contributed by atoms with Gasteiger partial charge in [-0.15, -0.1) is 0 Å². The summed E-state index contributed by atoms with van der Waals surface area (Å²) in [5.41, 5.74) is 0. The van der Waals surface area contributed by atoms with Crippen molar-refractivity contribution in [2.24, 2.45) is 0 Å². The van der Waals surface area contributed by atoms with E-state index in [0.29, 0.717) is 12.1 Å². The maximum Gasteiger partial charge on any atom is 0.257 e. The van der Waals surface area contributed by atoms with Crippen molar-refractivity contribution in [3.05, 3.63) is 0 Å². The summed E-state index contributed by atoms with van der Waals surface area (Å²) in [7, 11) is 0. The van der Waals surface area contributed by atoms with Crippen molar-refractivity contribution in [2.45, 2.75) is 38.8 Å². The lowest BCUT2D eigenvalue weighted by Gasteiger charge is -2.24. The van der Waals surface area contributed by atoms with E-state index in [-0.39, 0.29) is 5.17 Å². The van der Waals surface area contributed by atoms with Gasteiger partial charge in [-0.2, -0.15) is 0 Å². The molecule has 3 heteroatoms. The Bertz CT molecular complexity index is 139. The van der Waals surface area contributed by atoms with E-state index in [9.17, 15) is 0 Å². The highest BCUT2D eigenvalue weighted by atomic mass is 32.1. The number of likely N-dealkylation sites (tertiary alicyclic amines) is 1. The Morgan fingerprint density at radius 1 is 1.40 bits per heavy atom. The molecule has 0 aromatic rings. The second-order valence-corrected chi connectivity index (χ2v) is 3.33. The second-order valence-electron chi connectivity index (χ2n) is 2.97. The third-order valence-corrected chi connectivity index (χ3v) is 2.38. The molecule has 2 nitrogen and oxygen atoms in total. The highest BCUT2D eigenvalue weighted by molar-refractivity contribution is 7.79. The van der Waals surface area contributed by atoms with Crippen molar-refractivity contribution in [1.29, 1.82) is 0 Å². The zero-order chi connectivity index (χ0) is 7.72. The van der Waals surface area contributed by atoms with Crippen LogP contribution in [0.5, 0.6) is 0 Å². The molecule has 0 aromatic carbocycles. The maximum atomic E-state index is 9.05. The van der Waals surface area contributed by atoms with Gasteiger partial charge >= 0.3 is 0 Å². The van der Waals surface area contributed by atoms with Crippen molar-refractivity contribution in [3.63, 3.8) is 0 Å². The van der Waals surface area contributed by atoms with Crippen LogP contribution in [0.4, 0.5) is 0 Å². The predicted octanol–water partition coefficient (Wildman–Crippen LogP) is 1.70. The van der Waals surface area contributed by atoms with Crippen LogP contribution in [-0.2, 0) is 0 Å². The molecule has 1 aliphatic rings. The molecule has 0 bridgehead atoms. The largest absolute Gasteiger partial charge is 0.486 e. The zero-order valence-electron chi connectivity index (χ0n) is 6.37. The highest BCUT2D eigenvalue weighted by Crippen LogP contribution is 2.22. The predicted molar refractivity (Wildman–Crippen MR) is 45.2 cm³/mol. The minimum Gasteiger partial charge on any atom is -0.486 e. The Morgan fingerprint density at radius 3 is 2.00 bits per heavy atom. The van der Waals surface area contributed by atoms with Crippen LogP contribution in [-0.4, -0.2) is 27.3 Å². The minimum atomic E-state index is 0.0532. The molecule has 0 aliphatic carbocycles. The molecule has 0 aromatic heterocycles. The molecule has 1 saturated heterocycles. The van der Waals surface area contributed by atoms with Gasteiger partial charge in [0.1, 0.15) is 0 Å². The number of nitrogens with zero attached hydrogens (tertiary/aromatic N) is 1. The number of hydrogen-bond acceptors (Lipinski definition) is 1. The van der Waals surface area contributed by atoms with Crippen molar-refractivity contribution in [3.8, 4) is 0 Å². The van der Waals surface area contributed by atoms with Crippen LogP contribution in [0.1, 0.15) is 26.7 Å². The van der Waals surface area contributed by atoms with Crippen LogP contribution >= 0.6 is 12.2 Å². The fourth-order valence-corrected chi connectivity index (χ4v) is 1.93. The van der Waals surface area contributed by atoms with Gasteiger partial charge in [-0.1, -0.05) is 0 Å². The molecule has 1 fully saturated rings. The maximum absolute atomic E-state index is 9.05. The van der Waals surface area contributed by atoms with E-state index >= 15 is 0 Å². The van der Waals surface area contributed by atoms with Crippen LogP contribution in [0.2, 0.25) is 0 Å². The van der Waals surface area contributed by atoms with Gasteiger partial charge in [0.15, 0.2) is 0 Å². The summed E-state index contributed by atoms with van der Waals surface area (Å²) in [6, 6.07) is 0.847. The monoisotopic (exact) mass is 159 g/mol. The van der Waals surface area contributed by atoms with Gasteiger partial charge in [-0.25, -0.2) is 0 Å². The van der Waals surface area contributed by atoms with Crippen molar-refractivity contribution < 1.29 is 5.11 Å². The normalized spacial score (nSPS) is 32.8. The molecule has 0 spiro atoms. The van der Waals surface area contributed by atoms with Gasteiger partial charge in [0.2, 0.25) is 0 Å². The van der Waals surface area contributed by atoms with E-state index in [2.05, 4.69) is 13.8 Å². The molecule has 0 saturated carbocycles. The number of aliphatic hydroxyl groups excluding tert-OH is 1. The molecule has 1 aliphatic heterocycles. The molecule has 2 unspecified atom stereocenters. The Labute approximate surface area is 66.8 Å². The molecule has 1 heterocycles. The minimum absolute atomic E-state index is 0.0532. The van der Waals surface area contributed by atoms with E-state index in [1.54, 1.807) is 0 Å². The summed E-state index contributed by atoms with van der Waals surface area (Å²) >= 11 is 4.69. The summed E-state index contributed by atoms with van der Waals surface area (Å²) < 4.78 is 0. The first kappa shape index (κ1) is 7.79. The van der Waals surface area contributed by atoms with Crippen molar-refractivity contribution in [2.75, 3.05) is 0 Å². The zero-order valence-corrected chi connectivity index (χ0v) is 7.19. The summed E-state index contributed by atoms with van der Waals surface area (Å²) in [6.45, 7) is 4.18. The molecule has 0 radical (unpaired) electrons. The number of aliphatic hydroxyl groups is 1. The third-order valence-electron chi connectivity index (χ3n) is 2.17. The van der Waals surface area contributed by atoms with Gasteiger partial charge in [-0.05, 0) is 38.9 Å². The summed E-state index contributed by atoms with van der Waals surface area (Å²) in [5, 5.41) is 9.10. The Hall–Kier alpha value is -0.310. The number of rotatable bonds is 0. The molecular formula is C7H13NOS. The third kappa shape index (κ3) is 1.24. The highest BCUT2D eigenvalue weighted by Gasteiger charge is 2.28. The second kappa shape index (κ2) is 2.74. The number of thiocarbonyl (C=S) groups is 1. The van der Waals surface area contributed by atoms with E-state index in [1.807, 2.05) is 4.90 Å². The van der Waals surface area contributed by atoms with Gasteiger partial charge in [0.25, 0.3) is 5.17 Å². The summed E-state index contributed by atoms with van der Waals surface area (Å²) in [6.07, 6.45) is 2.28. The van der Waals surface area contributed by atoms with E-state index in [0.717, 1.165) is 12.8 Å². The first-order valence-electron chi connectivity index (χ1n) is 3.64. The lowest BCUT2D eigenvalue weighted by molar-refractivity contribution is 0.290. The van der Waals surface area contributed by atoms with Crippen LogP contribution < -0.4 is 0 Å². The lowest BCUT2D eigenvalue weighted by atomic mass is 10.2. The first-order valence-corrected chi connectivity index (χ1v) is 4.05. The van der Waals surface area contributed by atoms with Crippen LogP contribution in [0, 0.1) is 0 Å². The molecule has 1 rings (SSSR count). The van der Waals surface area contributed by atoms with Gasteiger partial charge in [0, 0.05) is 12.1 Å². The van der Waals surface area contributed by atoms with Gasteiger partial charge in [0.05, 0.1) is 0 Å².